The molecule has 7 heteroatoms. The number of carboxylic acids is 1. The number of thiophene rings is 1. The first-order chi connectivity index (χ1) is 13.0. The number of anilines is 2. The van der Waals surface area contributed by atoms with Crippen LogP contribution in [0.1, 0.15) is 16.2 Å². The Labute approximate surface area is 158 Å². The largest absolute Gasteiger partial charge is 0.507 e. The highest BCUT2D eigenvalue weighted by molar-refractivity contribution is 7.21. The number of aryl methyl sites for hydroxylation is 1. The number of carboxylic acid groups (broad SMARTS) is 1. The van der Waals surface area contributed by atoms with Crippen molar-refractivity contribution in [2.45, 2.75) is 6.92 Å². The van der Waals surface area contributed by atoms with Gasteiger partial charge in [0.25, 0.3) is 0 Å². The van der Waals surface area contributed by atoms with Gasteiger partial charge >= 0.3 is 5.97 Å². The van der Waals surface area contributed by atoms with E-state index < -0.39 is 5.97 Å². The molecule has 0 unspecified atom stereocenters. The molecule has 0 radical (unpaired) electrons. The van der Waals surface area contributed by atoms with Crippen LogP contribution >= 0.6 is 11.3 Å². The van der Waals surface area contributed by atoms with Gasteiger partial charge in [0.05, 0.1) is 5.39 Å². The van der Waals surface area contributed by atoms with Gasteiger partial charge in [0.1, 0.15) is 27.8 Å². The van der Waals surface area contributed by atoms with Gasteiger partial charge in [-0.05, 0) is 36.8 Å². The molecule has 0 spiro atoms. The Balaban J connectivity index is 1.79. The summed E-state index contributed by atoms with van der Waals surface area (Å²) in [7, 11) is 0. The maximum Gasteiger partial charge on any atom is 0.339 e. The third-order valence-electron chi connectivity index (χ3n) is 4.05. The van der Waals surface area contributed by atoms with E-state index in [0.29, 0.717) is 17.3 Å². The number of rotatable bonds is 4. The molecule has 0 bridgehead atoms. The van der Waals surface area contributed by atoms with Crippen molar-refractivity contribution in [3.63, 3.8) is 0 Å². The van der Waals surface area contributed by atoms with Gasteiger partial charge in [-0.15, -0.1) is 11.3 Å². The molecule has 0 amide bonds. The number of hydrogen-bond donors (Lipinski definition) is 3. The number of nitrogens with one attached hydrogen (secondary N) is 1. The first-order valence-electron chi connectivity index (χ1n) is 8.18. The SMILES string of the molecule is Cc1nc(Nc2ccc(O)c(C(=O)O)c2)c2cc(-c3ccccc3)sc2n1. The van der Waals surface area contributed by atoms with Gasteiger partial charge in [0, 0.05) is 10.6 Å². The van der Waals surface area contributed by atoms with Crippen LogP contribution in [0.25, 0.3) is 20.7 Å². The van der Waals surface area contributed by atoms with Crippen molar-refractivity contribution in [2.24, 2.45) is 0 Å². The van der Waals surface area contributed by atoms with E-state index in [1.165, 1.54) is 12.1 Å². The number of fused-ring (bicyclic) bond motifs is 1. The van der Waals surface area contributed by atoms with Crippen LogP contribution < -0.4 is 5.32 Å². The highest BCUT2D eigenvalue weighted by Gasteiger charge is 2.14. The van der Waals surface area contributed by atoms with E-state index >= 15 is 0 Å². The van der Waals surface area contributed by atoms with Crippen LogP contribution in [0.2, 0.25) is 0 Å². The Morgan fingerprint density at radius 3 is 2.59 bits per heavy atom. The normalized spacial score (nSPS) is 10.9. The van der Waals surface area contributed by atoms with E-state index in [0.717, 1.165) is 20.7 Å². The first kappa shape index (κ1) is 17.0. The van der Waals surface area contributed by atoms with Crippen LogP contribution in [-0.4, -0.2) is 26.2 Å². The van der Waals surface area contributed by atoms with Crippen molar-refractivity contribution in [1.29, 1.82) is 0 Å². The van der Waals surface area contributed by atoms with Crippen molar-refractivity contribution in [3.8, 4) is 16.2 Å². The molecule has 2 aromatic carbocycles. The molecule has 4 aromatic rings. The zero-order valence-corrected chi connectivity index (χ0v) is 15.1. The van der Waals surface area contributed by atoms with E-state index in [2.05, 4.69) is 15.3 Å². The summed E-state index contributed by atoms with van der Waals surface area (Å²) in [5.74, 6) is -0.261. The molecule has 0 aliphatic carbocycles. The average Bonchev–Trinajstić information content (AvgIpc) is 3.08. The zero-order valence-electron chi connectivity index (χ0n) is 14.3. The van der Waals surface area contributed by atoms with Crippen molar-refractivity contribution in [2.75, 3.05) is 5.32 Å². The number of nitrogens with zero attached hydrogens (tertiary/aromatic N) is 2. The Kier molecular flexibility index (Phi) is 4.21. The van der Waals surface area contributed by atoms with Crippen molar-refractivity contribution in [1.82, 2.24) is 9.97 Å². The Morgan fingerprint density at radius 1 is 1.07 bits per heavy atom. The van der Waals surface area contributed by atoms with Crippen LogP contribution in [0.15, 0.2) is 54.6 Å². The summed E-state index contributed by atoms with van der Waals surface area (Å²) in [4.78, 5) is 22.2. The van der Waals surface area contributed by atoms with E-state index in [-0.39, 0.29) is 11.3 Å². The standard InChI is InChI=1S/C20H15N3O3S/c1-11-21-18(23-13-7-8-16(24)14(9-13)20(25)26)15-10-17(27-19(15)22-11)12-5-3-2-4-6-12/h2-10,24H,1H3,(H,25,26)(H,21,22,23). The van der Waals surface area contributed by atoms with Crippen molar-refractivity contribution in [3.05, 3.63) is 66.0 Å². The van der Waals surface area contributed by atoms with Crippen LogP contribution in [0.5, 0.6) is 5.75 Å². The van der Waals surface area contributed by atoms with E-state index in [4.69, 9.17) is 0 Å². The van der Waals surface area contributed by atoms with Gasteiger partial charge in [-0.3, -0.25) is 0 Å². The average molecular weight is 377 g/mol. The minimum absolute atomic E-state index is 0.169. The lowest BCUT2D eigenvalue weighted by Crippen LogP contribution is -2.01. The number of aromatic carboxylic acids is 1. The van der Waals surface area contributed by atoms with Crippen molar-refractivity contribution >= 4 is 39.0 Å². The van der Waals surface area contributed by atoms with E-state index in [9.17, 15) is 15.0 Å². The molecule has 6 nitrogen and oxygen atoms in total. The minimum Gasteiger partial charge on any atom is -0.507 e. The molecular formula is C20H15N3O3S. The predicted octanol–water partition coefficient (Wildman–Crippen LogP) is 4.81. The maximum absolute atomic E-state index is 11.2. The summed E-state index contributed by atoms with van der Waals surface area (Å²) < 4.78 is 0. The number of aromatic hydroxyl groups is 1. The quantitative estimate of drug-likeness (QED) is 0.442. The maximum atomic E-state index is 11.2. The van der Waals surface area contributed by atoms with Gasteiger partial charge in [0.15, 0.2) is 0 Å². The third-order valence-corrected chi connectivity index (χ3v) is 5.13. The number of benzene rings is 2. The fraction of sp³-hybridized carbons (Fsp3) is 0.0500. The monoisotopic (exact) mass is 377 g/mol. The van der Waals surface area contributed by atoms with Crippen LogP contribution in [0.4, 0.5) is 11.5 Å². The number of carbonyl (C=O) groups is 1. The summed E-state index contributed by atoms with van der Waals surface area (Å²) >= 11 is 1.57. The summed E-state index contributed by atoms with van der Waals surface area (Å²) in [5, 5.41) is 22.9. The smallest absolute Gasteiger partial charge is 0.339 e. The zero-order chi connectivity index (χ0) is 19.0. The minimum atomic E-state index is -1.19. The van der Waals surface area contributed by atoms with Crippen LogP contribution in [0, 0.1) is 6.92 Å². The van der Waals surface area contributed by atoms with Gasteiger partial charge in [0.2, 0.25) is 0 Å². The fourth-order valence-corrected chi connectivity index (χ4v) is 3.87. The molecule has 4 rings (SSSR count). The Hall–Kier alpha value is -3.45. The second-order valence-corrected chi connectivity index (χ2v) is 7.01. The molecule has 3 N–H and O–H groups in total. The molecule has 0 atom stereocenters. The molecule has 0 saturated heterocycles. The molecular weight excluding hydrogens is 362 g/mol. The third kappa shape index (κ3) is 3.32. The van der Waals surface area contributed by atoms with Crippen LogP contribution in [0.3, 0.4) is 0 Å². The molecule has 0 aliphatic heterocycles. The Morgan fingerprint density at radius 2 is 1.85 bits per heavy atom. The van der Waals surface area contributed by atoms with Gasteiger partial charge in [-0.25, -0.2) is 14.8 Å². The number of phenols is 1. The molecule has 2 aromatic heterocycles. The van der Waals surface area contributed by atoms with Crippen LogP contribution in [-0.2, 0) is 0 Å². The van der Waals surface area contributed by atoms with Crippen molar-refractivity contribution < 1.29 is 15.0 Å². The number of hydrogen-bond acceptors (Lipinski definition) is 6. The lowest BCUT2D eigenvalue weighted by Gasteiger charge is -2.09. The summed E-state index contributed by atoms with van der Waals surface area (Å²) in [6.45, 7) is 1.81. The molecule has 2 heterocycles. The predicted molar refractivity (Wildman–Crippen MR) is 106 cm³/mol. The van der Waals surface area contributed by atoms with Gasteiger partial charge in [-0.1, -0.05) is 30.3 Å². The molecule has 27 heavy (non-hydrogen) atoms. The fourth-order valence-electron chi connectivity index (χ4n) is 2.79. The van der Waals surface area contributed by atoms with Gasteiger partial charge in [-0.2, -0.15) is 0 Å². The number of aromatic nitrogens is 2. The molecule has 0 fully saturated rings. The highest BCUT2D eigenvalue weighted by atomic mass is 32.1. The summed E-state index contributed by atoms with van der Waals surface area (Å²) in [6, 6.07) is 16.4. The summed E-state index contributed by atoms with van der Waals surface area (Å²) in [5.41, 5.74) is 1.45. The molecule has 0 aliphatic rings. The lowest BCUT2D eigenvalue weighted by molar-refractivity contribution is 0.0694. The van der Waals surface area contributed by atoms with E-state index in [1.54, 1.807) is 17.4 Å². The first-order valence-corrected chi connectivity index (χ1v) is 9.00. The second-order valence-electron chi connectivity index (χ2n) is 5.98. The Bertz CT molecular complexity index is 1160. The topological polar surface area (TPSA) is 95.3 Å². The van der Waals surface area contributed by atoms with Gasteiger partial charge < -0.3 is 15.5 Å². The van der Waals surface area contributed by atoms with E-state index in [1.807, 2.05) is 43.3 Å². The summed E-state index contributed by atoms with van der Waals surface area (Å²) in [6.07, 6.45) is 0. The molecule has 134 valence electrons. The lowest BCUT2D eigenvalue weighted by atomic mass is 10.1. The molecule has 0 saturated carbocycles. The highest BCUT2D eigenvalue weighted by Crippen LogP contribution is 2.36. The second kappa shape index (κ2) is 6.69.